The second-order valence-electron chi connectivity index (χ2n) is 4.67. The Labute approximate surface area is 123 Å². The summed E-state index contributed by atoms with van der Waals surface area (Å²) in [5.41, 5.74) is 0.208. The molecule has 1 rings (SSSR count). The van der Waals surface area contributed by atoms with Crippen LogP contribution in [-0.4, -0.2) is 17.7 Å². The number of aromatic carboxylic acids is 1. The Hall–Kier alpha value is -1.03. The van der Waals surface area contributed by atoms with E-state index in [-0.39, 0.29) is 5.56 Å². The van der Waals surface area contributed by atoms with Gasteiger partial charge in [0.1, 0.15) is 11.3 Å². The van der Waals surface area contributed by atoms with Crippen molar-refractivity contribution in [1.29, 1.82) is 0 Å². The highest BCUT2D eigenvalue weighted by molar-refractivity contribution is 9.10. The second-order valence-corrected chi connectivity index (χ2v) is 5.59. The SMILES string of the molecule is CCCCC(CC)COc1ccc(Br)cc1C(=O)O. The number of benzene rings is 1. The van der Waals surface area contributed by atoms with E-state index in [2.05, 4.69) is 29.8 Å². The van der Waals surface area contributed by atoms with Gasteiger partial charge in [-0.15, -0.1) is 0 Å². The van der Waals surface area contributed by atoms with Crippen LogP contribution >= 0.6 is 15.9 Å². The van der Waals surface area contributed by atoms with E-state index in [1.807, 2.05) is 0 Å². The molecule has 0 aliphatic rings. The number of unbranched alkanes of at least 4 members (excludes halogenated alkanes) is 1. The van der Waals surface area contributed by atoms with Gasteiger partial charge < -0.3 is 9.84 Å². The summed E-state index contributed by atoms with van der Waals surface area (Å²) in [4.78, 5) is 11.2. The van der Waals surface area contributed by atoms with E-state index in [0.717, 1.165) is 17.3 Å². The van der Waals surface area contributed by atoms with Gasteiger partial charge in [-0.3, -0.25) is 0 Å². The first-order valence-electron chi connectivity index (χ1n) is 6.74. The van der Waals surface area contributed by atoms with Crippen molar-refractivity contribution < 1.29 is 14.6 Å². The fraction of sp³-hybridized carbons (Fsp3) is 0.533. The van der Waals surface area contributed by atoms with Gasteiger partial charge in [0, 0.05) is 4.47 Å². The van der Waals surface area contributed by atoms with Crippen LogP contribution in [-0.2, 0) is 0 Å². The maximum atomic E-state index is 11.2. The third-order valence-electron chi connectivity index (χ3n) is 3.19. The Bertz CT molecular complexity index is 418. The fourth-order valence-corrected chi connectivity index (χ4v) is 2.26. The summed E-state index contributed by atoms with van der Waals surface area (Å²) >= 11 is 3.27. The zero-order valence-electron chi connectivity index (χ0n) is 11.5. The maximum absolute atomic E-state index is 11.2. The molecule has 1 aromatic carbocycles. The summed E-state index contributed by atoms with van der Waals surface area (Å²) < 4.78 is 6.45. The van der Waals surface area contributed by atoms with Crippen LogP contribution in [0.4, 0.5) is 0 Å². The molecule has 1 N–H and O–H groups in total. The molecule has 0 radical (unpaired) electrons. The molecule has 106 valence electrons. The summed E-state index contributed by atoms with van der Waals surface area (Å²) in [5.74, 6) is -0.0196. The van der Waals surface area contributed by atoms with Crippen molar-refractivity contribution in [2.75, 3.05) is 6.61 Å². The van der Waals surface area contributed by atoms with Crippen molar-refractivity contribution >= 4 is 21.9 Å². The lowest BCUT2D eigenvalue weighted by Crippen LogP contribution is -2.13. The monoisotopic (exact) mass is 328 g/mol. The van der Waals surface area contributed by atoms with Crippen LogP contribution in [0.5, 0.6) is 5.75 Å². The normalized spacial score (nSPS) is 12.2. The number of carboxylic acid groups (broad SMARTS) is 1. The predicted octanol–water partition coefficient (Wildman–Crippen LogP) is 4.74. The lowest BCUT2D eigenvalue weighted by atomic mass is 10.0. The fourth-order valence-electron chi connectivity index (χ4n) is 1.90. The highest BCUT2D eigenvalue weighted by atomic mass is 79.9. The van der Waals surface area contributed by atoms with Gasteiger partial charge in [-0.1, -0.05) is 49.0 Å². The van der Waals surface area contributed by atoms with Crippen LogP contribution < -0.4 is 4.74 Å². The van der Waals surface area contributed by atoms with Crippen LogP contribution in [0.2, 0.25) is 0 Å². The van der Waals surface area contributed by atoms with Gasteiger partial charge in [-0.05, 0) is 30.5 Å². The quantitative estimate of drug-likeness (QED) is 0.749. The average Bonchev–Trinajstić information content (AvgIpc) is 2.40. The Morgan fingerprint density at radius 2 is 2.16 bits per heavy atom. The topological polar surface area (TPSA) is 46.5 Å². The number of carbonyl (C=O) groups is 1. The molecule has 0 fully saturated rings. The summed E-state index contributed by atoms with van der Waals surface area (Å²) in [6, 6.07) is 5.08. The summed E-state index contributed by atoms with van der Waals surface area (Å²) in [7, 11) is 0. The van der Waals surface area contributed by atoms with Crippen LogP contribution in [0.15, 0.2) is 22.7 Å². The molecular formula is C15H21BrO3. The second kappa shape index (κ2) is 8.20. The largest absolute Gasteiger partial charge is 0.492 e. The van der Waals surface area contributed by atoms with E-state index in [4.69, 9.17) is 9.84 Å². The standard InChI is InChI=1S/C15H21BrO3/c1-3-5-6-11(4-2)10-19-14-8-7-12(16)9-13(14)15(17)18/h7-9,11H,3-6,10H2,1-2H3,(H,17,18). The van der Waals surface area contributed by atoms with Crippen molar-refractivity contribution in [1.82, 2.24) is 0 Å². The van der Waals surface area contributed by atoms with Crippen molar-refractivity contribution in [3.8, 4) is 5.75 Å². The minimum absolute atomic E-state index is 0.208. The highest BCUT2D eigenvalue weighted by Crippen LogP contribution is 2.24. The van der Waals surface area contributed by atoms with Gasteiger partial charge in [-0.2, -0.15) is 0 Å². The van der Waals surface area contributed by atoms with Crippen LogP contribution in [0.25, 0.3) is 0 Å². The molecule has 0 aliphatic heterocycles. The molecule has 1 aromatic rings. The third kappa shape index (κ3) is 5.23. The van der Waals surface area contributed by atoms with Crippen molar-refractivity contribution in [2.24, 2.45) is 5.92 Å². The average molecular weight is 329 g/mol. The molecule has 0 bridgehead atoms. The van der Waals surface area contributed by atoms with Gasteiger partial charge in [-0.25, -0.2) is 4.79 Å². The molecule has 0 amide bonds. The van der Waals surface area contributed by atoms with Crippen LogP contribution in [0, 0.1) is 5.92 Å². The Morgan fingerprint density at radius 3 is 2.74 bits per heavy atom. The van der Waals surface area contributed by atoms with E-state index in [1.165, 1.54) is 12.8 Å². The van der Waals surface area contributed by atoms with Gasteiger partial charge in [0.25, 0.3) is 0 Å². The molecule has 0 spiro atoms. The predicted molar refractivity (Wildman–Crippen MR) is 79.9 cm³/mol. The number of carboxylic acids is 1. The van der Waals surface area contributed by atoms with E-state index in [0.29, 0.717) is 18.3 Å². The molecule has 4 heteroatoms. The lowest BCUT2D eigenvalue weighted by molar-refractivity contribution is 0.0691. The van der Waals surface area contributed by atoms with Crippen molar-refractivity contribution in [3.63, 3.8) is 0 Å². The lowest BCUT2D eigenvalue weighted by Gasteiger charge is -2.16. The third-order valence-corrected chi connectivity index (χ3v) is 3.68. The molecule has 0 heterocycles. The summed E-state index contributed by atoms with van der Waals surface area (Å²) in [6.45, 7) is 4.90. The van der Waals surface area contributed by atoms with Crippen molar-refractivity contribution in [2.45, 2.75) is 39.5 Å². The van der Waals surface area contributed by atoms with E-state index >= 15 is 0 Å². The Morgan fingerprint density at radius 1 is 1.42 bits per heavy atom. The molecule has 0 saturated heterocycles. The molecule has 1 unspecified atom stereocenters. The number of hydrogen-bond donors (Lipinski definition) is 1. The first kappa shape index (κ1) is 16.0. The smallest absolute Gasteiger partial charge is 0.339 e. The number of ether oxygens (including phenoxy) is 1. The van der Waals surface area contributed by atoms with Crippen LogP contribution in [0.1, 0.15) is 49.9 Å². The number of halogens is 1. The molecule has 0 aliphatic carbocycles. The Balaban J connectivity index is 2.68. The van der Waals surface area contributed by atoms with Gasteiger partial charge in [0.05, 0.1) is 6.61 Å². The minimum Gasteiger partial charge on any atom is -0.492 e. The van der Waals surface area contributed by atoms with E-state index in [1.54, 1.807) is 18.2 Å². The molecule has 1 atom stereocenters. The van der Waals surface area contributed by atoms with E-state index < -0.39 is 5.97 Å². The maximum Gasteiger partial charge on any atom is 0.339 e. The first-order valence-corrected chi connectivity index (χ1v) is 7.53. The summed E-state index contributed by atoms with van der Waals surface area (Å²) in [6.07, 6.45) is 4.55. The minimum atomic E-state index is -0.960. The molecular weight excluding hydrogens is 308 g/mol. The summed E-state index contributed by atoms with van der Waals surface area (Å²) in [5, 5.41) is 9.15. The molecule has 3 nitrogen and oxygen atoms in total. The van der Waals surface area contributed by atoms with Gasteiger partial charge in [0.2, 0.25) is 0 Å². The van der Waals surface area contributed by atoms with Gasteiger partial charge in [0.15, 0.2) is 0 Å². The number of rotatable bonds is 8. The zero-order chi connectivity index (χ0) is 14.3. The highest BCUT2D eigenvalue weighted by Gasteiger charge is 2.14. The number of hydrogen-bond acceptors (Lipinski definition) is 2. The van der Waals surface area contributed by atoms with E-state index in [9.17, 15) is 4.79 Å². The van der Waals surface area contributed by atoms with Crippen LogP contribution in [0.3, 0.4) is 0 Å². The molecule has 19 heavy (non-hydrogen) atoms. The van der Waals surface area contributed by atoms with Gasteiger partial charge >= 0.3 is 5.97 Å². The zero-order valence-corrected chi connectivity index (χ0v) is 13.1. The Kier molecular flexibility index (Phi) is 6.92. The first-order chi connectivity index (χ1) is 9.08. The van der Waals surface area contributed by atoms with Crippen molar-refractivity contribution in [3.05, 3.63) is 28.2 Å². The molecule has 0 aromatic heterocycles. The molecule has 0 saturated carbocycles.